The number of carboxylic acids is 3. The van der Waals surface area contributed by atoms with Crippen molar-refractivity contribution in [3.05, 3.63) is 90.3 Å². The Kier molecular flexibility index (Phi) is 8.84. The number of pyridine rings is 3. The molecule has 9 nitrogen and oxygen atoms in total. The summed E-state index contributed by atoms with van der Waals surface area (Å²) in [5.41, 5.74) is 0.521. The van der Waals surface area contributed by atoms with E-state index in [1.807, 2.05) is 0 Å². The van der Waals surface area contributed by atoms with Crippen molar-refractivity contribution in [3.63, 3.8) is 0 Å². The molecule has 3 N–H and O–H groups in total. The third kappa shape index (κ3) is 8.49. The summed E-state index contributed by atoms with van der Waals surface area (Å²) in [6, 6.07) is 10.9. The van der Waals surface area contributed by atoms with Crippen LogP contribution in [0.4, 0.5) is 0 Å². The van der Waals surface area contributed by atoms with E-state index >= 15 is 0 Å². The Morgan fingerprint density at radius 1 is 0.630 bits per heavy atom. The van der Waals surface area contributed by atoms with Crippen LogP contribution in [0, 0.1) is 0 Å². The van der Waals surface area contributed by atoms with Crippen molar-refractivity contribution in [1.29, 1.82) is 0 Å². The zero-order valence-electron chi connectivity index (χ0n) is 13.8. The molecule has 0 aliphatic heterocycles. The van der Waals surface area contributed by atoms with Gasteiger partial charge in [0.1, 0.15) is 5.69 Å². The van der Waals surface area contributed by atoms with E-state index in [1.54, 1.807) is 24.3 Å². The second-order valence-electron chi connectivity index (χ2n) is 4.61. The first-order valence-corrected chi connectivity index (χ1v) is 7.32. The number of nitrogens with zero attached hydrogens (tertiary/aromatic N) is 3. The van der Waals surface area contributed by atoms with Crippen LogP contribution < -0.4 is 0 Å². The highest BCUT2D eigenvalue weighted by Crippen LogP contribution is 1.94. The van der Waals surface area contributed by atoms with Crippen LogP contribution in [0.1, 0.15) is 31.2 Å². The first-order chi connectivity index (χ1) is 12.9. The minimum atomic E-state index is -0.990. The summed E-state index contributed by atoms with van der Waals surface area (Å²) in [6.07, 6.45) is 7.13. The van der Waals surface area contributed by atoms with Gasteiger partial charge in [0.15, 0.2) is 0 Å². The molecule has 3 heterocycles. The average molecular weight is 369 g/mol. The molecule has 0 saturated carbocycles. The number of carboxylic acid groups (broad SMARTS) is 3. The SMILES string of the molecule is O=C(O)c1ccccn1.O=C(O)c1cccnc1.O=C(O)c1cccnc1. The van der Waals surface area contributed by atoms with Crippen LogP contribution in [0.15, 0.2) is 73.4 Å². The molecule has 0 aliphatic carbocycles. The topological polar surface area (TPSA) is 151 Å². The third-order valence-electron chi connectivity index (χ3n) is 2.70. The Bertz CT molecular complexity index is 740. The first-order valence-electron chi connectivity index (χ1n) is 7.32. The molecule has 3 rings (SSSR count). The van der Waals surface area contributed by atoms with E-state index in [0.29, 0.717) is 0 Å². The summed E-state index contributed by atoms with van der Waals surface area (Å²) < 4.78 is 0. The van der Waals surface area contributed by atoms with Crippen LogP contribution in [0.5, 0.6) is 0 Å². The van der Waals surface area contributed by atoms with E-state index in [2.05, 4.69) is 15.0 Å². The van der Waals surface area contributed by atoms with Gasteiger partial charge in [0, 0.05) is 31.0 Å². The molecule has 0 atom stereocenters. The van der Waals surface area contributed by atoms with Crippen LogP contribution in [0.2, 0.25) is 0 Å². The Hall–Kier alpha value is -4.14. The van der Waals surface area contributed by atoms with E-state index in [4.69, 9.17) is 15.3 Å². The van der Waals surface area contributed by atoms with Gasteiger partial charge in [-0.3, -0.25) is 9.97 Å². The zero-order valence-corrected chi connectivity index (χ0v) is 13.8. The Morgan fingerprint density at radius 3 is 1.37 bits per heavy atom. The van der Waals surface area contributed by atoms with Crippen molar-refractivity contribution in [2.75, 3.05) is 0 Å². The van der Waals surface area contributed by atoms with Gasteiger partial charge in [0.25, 0.3) is 0 Å². The molecule has 0 radical (unpaired) electrons. The highest BCUT2D eigenvalue weighted by Gasteiger charge is 1.99. The van der Waals surface area contributed by atoms with Gasteiger partial charge in [-0.15, -0.1) is 0 Å². The van der Waals surface area contributed by atoms with Crippen molar-refractivity contribution >= 4 is 17.9 Å². The van der Waals surface area contributed by atoms with E-state index in [-0.39, 0.29) is 16.8 Å². The van der Waals surface area contributed by atoms with Crippen LogP contribution in [-0.2, 0) is 0 Å². The number of aromatic carboxylic acids is 3. The van der Waals surface area contributed by atoms with Crippen molar-refractivity contribution in [3.8, 4) is 0 Å². The lowest BCUT2D eigenvalue weighted by atomic mass is 10.3. The van der Waals surface area contributed by atoms with Crippen LogP contribution >= 0.6 is 0 Å². The summed E-state index contributed by atoms with van der Waals surface area (Å²) in [5, 5.41) is 25.0. The predicted octanol–water partition coefficient (Wildman–Crippen LogP) is 2.34. The summed E-state index contributed by atoms with van der Waals surface area (Å²) in [7, 11) is 0. The quantitative estimate of drug-likeness (QED) is 0.631. The maximum atomic E-state index is 10.2. The Morgan fingerprint density at radius 2 is 1.15 bits per heavy atom. The van der Waals surface area contributed by atoms with E-state index in [0.717, 1.165) is 0 Å². The lowest BCUT2D eigenvalue weighted by Crippen LogP contribution is -1.97. The minimum absolute atomic E-state index is 0.0810. The molecule has 3 aromatic heterocycles. The fraction of sp³-hybridized carbons (Fsp3) is 0. The van der Waals surface area contributed by atoms with Gasteiger partial charge in [-0.05, 0) is 36.4 Å². The number of rotatable bonds is 3. The zero-order chi connectivity index (χ0) is 20.1. The molecule has 0 fully saturated rings. The normalized spacial score (nSPS) is 8.89. The number of hydrogen-bond acceptors (Lipinski definition) is 6. The molecule has 0 amide bonds. The molecule has 0 saturated heterocycles. The summed E-state index contributed by atoms with van der Waals surface area (Å²) in [5.74, 6) is -2.87. The monoisotopic (exact) mass is 369 g/mol. The van der Waals surface area contributed by atoms with Crippen LogP contribution in [0.25, 0.3) is 0 Å². The molecular weight excluding hydrogens is 354 g/mol. The number of aromatic nitrogens is 3. The predicted molar refractivity (Wildman–Crippen MR) is 93.6 cm³/mol. The van der Waals surface area contributed by atoms with Crippen LogP contribution in [-0.4, -0.2) is 48.2 Å². The van der Waals surface area contributed by atoms with Gasteiger partial charge in [0.2, 0.25) is 0 Å². The molecule has 0 unspecified atom stereocenters. The molecule has 3 aromatic rings. The Balaban J connectivity index is 0.000000202. The van der Waals surface area contributed by atoms with Gasteiger partial charge in [0.05, 0.1) is 11.1 Å². The Labute approximate surface area is 153 Å². The lowest BCUT2D eigenvalue weighted by molar-refractivity contribution is 0.0681. The van der Waals surface area contributed by atoms with Crippen LogP contribution in [0.3, 0.4) is 0 Å². The molecule has 9 heteroatoms. The standard InChI is InChI=1S/3C6H5NO2/c2*8-6(9)5-2-1-3-7-4-5;8-6(9)5-3-1-2-4-7-5/h3*1-4H,(H,8,9). The van der Waals surface area contributed by atoms with Gasteiger partial charge in [-0.1, -0.05) is 6.07 Å². The first kappa shape index (κ1) is 20.9. The second kappa shape index (κ2) is 11.4. The molecule has 0 aromatic carbocycles. The van der Waals surface area contributed by atoms with E-state index < -0.39 is 17.9 Å². The molecular formula is C18H15N3O6. The van der Waals surface area contributed by atoms with Gasteiger partial charge in [-0.2, -0.15) is 0 Å². The molecule has 0 aliphatic rings. The van der Waals surface area contributed by atoms with Crippen molar-refractivity contribution < 1.29 is 29.7 Å². The minimum Gasteiger partial charge on any atom is -0.478 e. The van der Waals surface area contributed by atoms with Crippen molar-refractivity contribution in [2.45, 2.75) is 0 Å². The highest BCUT2D eigenvalue weighted by atomic mass is 16.4. The fourth-order valence-corrected chi connectivity index (χ4v) is 1.47. The van der Waals surface area contributed by atoms with E-state index in [1.165, 1.54) is 49.2 Å². The average Bonchev–Trinajstić information content (AvgIpc) is 2.71. The fourth-order valence-electron chi connectivity index (χ4n) is 1.47. The van der Waals surface area contributed by atoms with Gasteiger partial charge >= 0.3 is 17.9 Å². The summed E-state index contributed by atoms with van der Waals surface area (Å²) in [4.78, 5) is 41.3. The van der Waals surface area contributed by atoms with Gasteiger partial charge < -0.3 is 15.3 Å². The van der Waals surface area contributed by atoms with Gasteiger partial charge in [-0.25, -0.2) is 19.4 Å². The maximum absolute atomic E-state index is 10.2. The molecule has 0 bridgehead atoms. The van der Waals surface area contributed by atoms with Crippen molar-refractivity contribution in [1.82, 2.24) is 15.0 Å². The third-order valence-corrected chi connectivity index (χ3v) is 2.70. The molecule has 27 heavy (non-hydrogen) atoms. The molecule has 0 spiro atoms. The second-order valence-corrected chi connectivity index (χ2v) is 4.61. The van der Waals surface area contributed by atoms with E-state index in [9.17, 15) is 14.4 Å². The number of hydrogen-bond donors (Lipinski definition) is 3. The summed E-state index contributed by atoms with van der Waals surface area (Å²) in [6.45, 7) is 0. The maximum Gasteiger partial charge on any atom is 0.354 e. The number of carbonyl (C=O) groups is 3. The smallest absolute Gasteiger partial charge is 0.354 e. The molecule has 138 valence electrons. The lowest BCUT2D eigenvalue weighted by Gasteiger charge is -1.87. The largest absolute Gasteiger partial charge is 0.478 e. The summed E-state index contributed by atoms with van der Waals surface area (Å²) >= 11 is 0. The highest BCUT2D eigenvalue weighted by molar-refractivity contribution is 5.87. The van der Waals surface area contributed by atoms with Crippen molar-refractivity contribution in [2.24, 2.45) is 0 Å².